The average Bonchev–Trinajstić information content (AvgIpc) is 2.39. The van der Waals surface area contributed by atoms with E-state index in [9.17, 15) is 10.2 Å². The summed E-state index contributed by atoms with van der Waals surface area (Å²) < 4.78 is 16.6. The Kier molecular flexibility index (Phi) is 8.44. The van der Waals surface area contributed by atoms with Gasteiger partial charge in [0, 0.05) is 6.42 Å². The molecule has 5 atom stereocenters. The van der Waals surface area contributed by atoms with Crippen LogP contribution < -0.4 is 0 Å². The zero-order valence-corrected chi connectivity index (χ0v) is 13.6. The second kappa shape index (κ2) is 9.54. The molecular formula is C16H30O5. The summed E-state index contributed by atoms with van der Waals surface area (Å²) in [5, 5.41) is 19.5. The van der Waals surface area contributed by atoms with Gasteiger partial charge in [0.1, 0.15) is 6.10 Å². The van der Waals surface area contributed by atoms with Crippen LogP contribution in [0.1, 0.15) is 47.0 Å². The third-order valence-electron chi connectivity index (χ3n) is 3.49. The van der Waals surface area contributed by atoms with Gasteiger partial charge in [-0.05, 0) is 40.5 Å². The van der Waals surface area contributed by atoms with Gasteiger partial charge >= 0.3 is 0 Å². The van der Waals surface area contributed by atoms with E-state index in [2.05, 4.69) is 6.08 Å². The van der Waals surface area contributed by atoms with Crippen LogP contribution >= 0.6 is 0 Å². The largest absolute Gasteiger partial charge is 0.390 e. The fourth-order valence-electron chi connectivity index (χ4n) is 2.13. The molecule has 1 heterocycles. The molecule has 0 saturated carbocycles. The maximum Gasteiger partial charge on any atom is 0.184 e. The van der Waals surface area contributed by atoms with Crippen LogP contribution in [0.4, 0.5) is 0 Å². The topological polar surface area (TPSA) is 68.2 Å². The highest BCUT2D eigenvalue weighted by Gasteiger charge is 2.35. The standard InChI is InChI=1S/C16H30O5/c1-11(2)19-9-7-5-6-8-12(3)20-16-15(18)10-14(17)13(4)21-16/h5,7,11-18H,6,8-10H2,1-4H3/b7-5-/t12-,13+,14-,15-,16-/m1/s1. The summed E-state index contributed by atoms with van der Waals surface area (Å²) in [6.45, 7) is 8.40. The van der Waals surface area contributed by atoms with Crippen molar-refractivity contribution in [3.63, 3.8) is 0 Å². The van der Waals surface area contributed by atoms with Gasteiger partial charge in [-0.2, -0.15) is 0 Å². The van der Waals surface area contributed by atoms with E-state index in [1.807, 2.05) is 26.8 Å². The fraction of sp³-hybridized carbons (Fsp3) is 0.875. The first-order valence-corrected chi connectivity index (χ1v) is 7.83. The molecule has 1 saturated heterocycles. The summed E-state index contributed by atoms with van der Waals surface area (Å²) in [7, 11) is 0. The molecule has 1 fully saturated rings. The molecule has 2 N–H and O–H groups in total. The molecule has 1 rings (SSSR count). The maximum absolute atomic E-state index is 9.86. The number of hydrogen-bond acceptors (Lipinski definition) is 5. The van der Waals surface area contributed by atoms with E-state index in [4.69, 9.17) is 14.2 Å². The smallest absolute Gasteiger partial charge is 0.184 e. The van der Waals surface area contributed by atoms with Crippen molar-refractivity contribution in [1.29, 1.82) is 0 Å². The Labute approximate surface area is 127 Å². The van der Waals surface area contributed by atoms with E-state index in [-0.39, 0.29) is 18.3 Å². The first-order chi connectivity index (χ1) is 9.90. The van der Waals surface area contributed by atoms with Crippen LogP contribution in [0.2, 0.25) is 0 Å². The number of allylic oxidation sites excluding steroid dienone is 1. The maximum atomic E-state index is 9.86. The Bertz CT molecular complexity index is 305. The van der Waals surface area contributed by atoms with Crippen LogP contribution in [-0.4, -0.2) is 53.6 Å². The second-order valence-corrected chi connectivity index (χ2v) is 5.96. The Morgan fingerprint density at radius 2 is 1.90 bits per heavy atom. The third kappa shape index (κ3) is 7.38. The average molecular weight is 302 g/mol. The van der Waals surface area contributed by atoms with E-state index in [0.717, 1.165) is 12.8 Å². The minimum absolute atomic E-state index is 0.0113. The van der Waals surface area contributed by atoms with Crippen LogP contribution in [0.25, 0.3) is 0 Å². The van der Waals surface area contributed by atoms with Gasteiger partial charge in [-0.25, -0.2) is 0 Å². The molecular weight excluding hydrogens is 272 g/mol. The van der Waals surface area contributed by atoms with Crippen molar-refractivity contribution < 1.29 is 24.4 Å². The predicted octanol–water partition coefficient (Wildman–Crippen LogP) is 2.01. The number of ether oxygens (including phenoxy) is 3. The molecule has 1 aliphatic rings. The Hall–Kier alpha value is -0.460. The SMILES string of the molecule is CC(C)OC/C=C\CC[C@@H](C)O[C@@H]1O[C@@H](C)[C@H](O)C[C@H]1O. The molecule has 0 amide bonds. The monoisotopic (exact) mass is 302 g/mol. The van der Waals surface area contributed by atoms with Crippen molar-refractivity contribution in [2.45, 2.75) is 83.8 Å². The zero-order valence-electron chi connectivity index (χ0n) is 13.6. The highest BCUT2D eigenvalue weighted by Crippen LogP contribution is 2.22. The Morgan fingerprint density at radius 1 is 1.19 bits per heavy atom. The summed E-state index contributed by atoms with van der Waals surface area (Å²) in [5.74, 6) is 0. The van der Waals surface area contributed by atoms with Gasteiger partial charge in [0.05, 0.1) is 31.0 Å². The van der Waals surface area contributed by atoms with Gasteiger partial charge in [-0.3, -0.25) is 0 Å². The third-order valence-corrected chi connectivity index (χ3v) is 3.49. The van der Waals surface area contributed by atoms with Crippen LogP contribution in [0.5, 0.6) is 0 Å². The molecule has 0 aromatic rings. The lowest BCUT2D eigenvalue weighted by Gasteiger charge is -2.36. The van der Waals surface area contributed by atoms with Crippen molar-refractivity contribution in [2.24, 2.45) is 0 Å². The lowest BCUT2D eigenvalue weighted by Crippen LogP contribution is -2.48. The zero-order chi connectivity index (χ0) is 15.8. The lowest BCUT2D eigenvalue weighted by molar-refractivity contribution is -0.273. The first kappa shape index (κ1) is 18.6. The normalized spacial score (nSPS) is 32.0. The molecule has 5 nitrogen and oxygen atoms in total. The van der Waals surface area contributed by atoms with Gasteiger partial charge in [-0.15, -0.1) is 0 Å². The molecule has 0 aromatic carbocycles. The van der Waals surface area contributed by atoms with Gasteiger partial charge < -0.3 is 24.4 Å². The molecule has 5 heteroatoms. The van der Waals surface area contributed by atoms with Gasteiger partial charge in [-0.1, -0.05) is 12.2 Å². The summed E-state index contributed by atoms with van der Waals surface area (Å²) in [4.78, 5) is 0. The Balaban J connectivity index is 2.19. The van der Waals surface area contributed by atoms with Crippen LogP contribution in [0, 0.1) is 0 Å². The van der Waals surface area contributed by atoms with Crippen molar-refractivity contribution in [2.75, 3.05) is 6.61 Å². The van der Waals surface area contributed by atoms with E-state index < -0.39 is 18.5 Å². The van der Waals surface area contributed by atoms with E-state index in [1.165, 1.54) is 0 Å². The first-order valence-electron chi connectivity index (χ1n) is 7.83. The lowest BCUT2D eigenvalue weighted by atomic mass is 10.0. The minimum Gasteiger partial charge on any atom is -0.390 e. The Morgan fingerprint density at radius 3 is 2.57 bits per heavy atom. The molecule has 21 heavy (non-hydrogen) atoms. The fourth-order valence-corrected chi connectivity index (χ4v) is 2.13. The molecule has 0 aromatic heterocycles. The van der Waals surface area contributed by atoms with Crippen LogP contribution in [0.3, 0.4) is 0 Å². The predicted molar refractivity (Wildman–Crippen MR) is 81.0 cm³/mol. The van der Waals surface area contributed by atoms with Crippen LogP contribution in [-0.2, 0) is 14.2 Å². The van der Waals surface area contributed by atoms with Gasteiger partial charge in [0.2, 0.25) is 0 Å². The van der Waals surface area contributed by atoms with Crippen molar-refractivity contribution in [3.05, 3.63) is 12.2 Å². The number of hydrogen-bond donors (Lipinski definition) is 2. The van der Waals surface area contributed by atoms with Crippen molar-refractivity contribution >= 4 is 0 Å². The molecule has 0 aliphatic carbocycles. The van der Waals surface area contributed by atoms with E-state index in [0.29, 0.717) is 13.0 Å². The number of aliphatic hydroxyl groups is 2. The summed E-state index contributed by atoms with van der Waals surface area (Å²) in [6, 6.07) is 0. The van der Waals surface area contributed by atoms with Crippen molar-refractivity contribution in [3.8, 4) is 0 Å². The molecule has 0 unspecified atom stereocenters. The van der Waals surface area contributed by atoms with Crippen LogP contribution in [0.15, 0.2) is 12.2 Å². The van der Waals surface area contributed by atoms with E-state index in [1.54, 1.807) is 6.92 Å². The molecule has 0 spiro atoms. The number of rotatable bonds is 8. The summed E-state index contributed by atoms with van der Waals surface area (Å²) in [5.41, 5.74) is 0. The summed E-state index contributed by atoms with van der Waals surface area (Å²) >= 11 is 0. The highest BCUT2D eigenvalue weighted by atomic mass is 16.7. The summed E-state index contributed by atoms with van der Waals surface area (Å²) in [6.07, 6.45) is 4.01. The minimum atomic E-state index is -0.770. The molecule has 0 bridgehead atoms. The van der Waals surface area contributed by atoms with Gasteiger partial charge in [0.25, 0.3) is 0 Å². The van der Waals surface area contributed by atoms with Gasteiger partial charge in [0.15, 0.2) is 6.29 Å². The molecule has 0 radical (unpaired) electrons. The molecule has 1 aliphatic heterocycles. The quantitative estimate of drug-likeness (QED) is 0.671. The van der Waals surface area contributed by atoms with E-state index >= 15 is 0 Å². The van der Waals surface area contributed by atoms with Crippen molar-refractivity contribution in [1.82, 2.24) is 0 Å². The molecule has 124 valence electrons. The second-order valence-electron chi connectivity index (χ2n) is 5.96. The number of aliphatic hydroxyl groups excluding tert-OH is 2. The highest BCUT2D eigenvalue weighted by molar-refractivity contribution is 4.83.